The fraction of sp³-hybridized carbons (Fsp3) is 0.143. The van der Waals surface area contributed by atoms with Crippen molar-refractivity contribution in [3.8, 4) is 0 Å². The third kappa shape index (κ3) is 2.38. The summed E-state index contributed by atoms with van der Waals surface area (Å²) in [6.45, 7) is 0. The molecular weight excluding hydrogens is 226 g/mol. The maximum atomic E-state index is 11.2. The molecule has 0 radical (unpaired) electrons. The lowest BCUT2D eigenvalue weighted by Crippen LogP contribution is -2.18. The molecule has 1 atom stereocenters. The van der Waals surface area contributed by atoms with Crippen LogP contribution in [0.15, 0.2) is 34.1 Å². The van der Waals surface area contributed by atoms with E-state index in [0.717, 1.165) is 0 Å². The lowest BCUT2D eigenvalue weighted by molar-refractivity contribution is 0.564. The number of sulfonamides is 1. The summed E-state index contributed by atoms with van der Waals surface area (Å²) in [5, 5.41) is 0. The largest absolute Gasteiger partial charge is 0.302 e. The first-order chi connectivity index (χ1) is 6.47. The van der Waals surface area contributed by atoms with Gasteiger partial charge in [-0.3, -0.25) is 0 Å². The minimum atomic E-state index is -3.47. The zero-order valence-corrected chi connectivity index (χ0v) is 8.93. The van der Waals surface area contributed by atoms with E-state index in [-0.39, 0.29) is 9.79 Å². The highest BCUT2D eigenvalue weighted by atomic mass is 32.2. The summed E-state index contributed by atoms with van der Waals surface area (Å²) in [7, 11) is -2.17. The molecule has 2 N–H and O–H groups in total. The highest BCUT2D eigenvalue weighted by Gasteiger charge is 2.11. The molecule has 0 amide bonds. The normalized spacial score (nSPS) is 13.9. The lowest BCUT2D eigenvalue weighted by Gasteiger charge is -2.01. The predicted octanol–water partition coefficient (Wildman–Crippen LogP) is 0.175. The van der Waals surface area contributed by atoms with Gasteiger partial charge in [0.2, 0.25) is 10.0 Å². The Kier molecular flexibility index (Phi) is 3.38. The van der Waals surface area contributed by atoms with Crippen LogP contribution < -0.4 is 4.72 Å². The maximum Gasteiger partial charge on any atom is 0.240 e. The van der Waals surface area contributed by atoms with Gasteiger partial charge in [-0.15, -0.1) is 0 Å². The van der Waals surface area contributed by atoms with Gasteiger partial charge in [-0.1, -0.05) is 0 Å². The topological polar surface area (TPSA) is 83.5 Å². The Morgan fingerprint density at radius 2 is 1.79 bits per heavy atom. The number of hydrogen-bond donors (Lipinski definition) is 2. The summed E-state index contributed by atoms with van der Waals surface area (Å²) in [6.07, 6.45) is 0. The van der Waals surface area contributed by atoms with Crippen molar-refractivity contribution in [3.05, 3.63) is 24.3 Å². The Morgan fingerprint density at radius 1 is 1.29 bits per heavy atom. The van der Waals surface area contributed by atoms with E-state index in [1.165, 1.54) is 31.3 Å². The highest BCUT2D eigenvalue weighted by molar-refractivity contribution is 7.89. The maximum absolute atomic E-state index is 11.2. The van der Waals surface area contributed by atoms with Crippen LogP contribution >= 0.6 is 0 Å². The van der Waals surface area contributed by atoms with Gasteiger partial charge in [0, 0.05) is 0 Å². The van der Waals surface area contributed by atoms with E-state index < -0.39 is 21.1 Å². The molecule has 0 heterocycles. The van der Waals surface area contributed by atoms with E-state index in [0.29, 0.717) is 0 Å². The summed E-state index contributed by atoms with van der Waals surface area (Å²) < 4.78 is 43.9. The van der Waals surface area contributed by atoms with Gasteiger partial charge >= 0.3 is 0 Å². The fourth-order valence-electron chi connectivity index (χ4n) is 0.853. The predicted molar refractivity (Wildman–Crippen MR) is 51.7 cm³/mol. The van der Waals surface area contributed by atoms with E-state index >= 15 is 0 Å². The van der Waals surface area contributed by atoms with Crippen LogP contribution in [0.1, 0.15) is 0 Å². The molecule has 0 aliphatic heterocycles. The number of hydrogen-bond acceptors (Lipinski definition) is 3. The van der Waals surface area contributed by atoms with Gasteiger partial charge in [-0.05, 0) is 31.3 Å². The third-order valence-electron chi connectivity index (χ3n) is 1.60. The Balaban J connectivity index is 3.12. The summed E-state index contributed by atoms with van der Waals surface area (Å²) in [5.74, 6) is 0. The molecule has 1 unspecified atom stereocenters. The van der Waals surface area contributed by atoms with Gasteiger partial charge in [0.05, 0.1) is 9.79 Å². The minimum Gasteiger partial charge on any atom is -0.302 e. The molecule has 1 rings (SSSR count). The quantitative estimate of drug-likeness (QED) is 0.732. The fourth-order valence-corrected chi connectivity index (χ4v) is 1.95. The molecule has 0 fully saturated rings. The SMILES string of the molecule is CNS(=O)(=O)c1ccc(S(=O)O)cc1. The standard InChI is InChI=1S/C7H9NO4S2/c1-8-14(11,12)7-4-2-6(3-5-7)13(9)10/h2-5,8H,1H3,(H,9,10). The molecule has 0 aliphatic rings. The van der Waals surface area contributed by atoms with Crippen LogP contribution in [0.4, 0.5) is 0 Å². The van der Waals surface area contributed by atoms with E-state index in [1.54, 1.807) is 0 Å². The second-order valence-corrected chi connectivity index (χ2v) is 5.28. The molecule has 0 bridgehead atoms. The van der Waals surface area contributed by atoms with Crippen LogP contribution in [0.25, 0.3) is 0 Å². The Hall–Kier alpha value is -0.760. The van der Waals surface area contributed by atoms with Gasteiger partial charge in [-0.2, -0.15) is 0 Å². The monoisotopic (exact) mass is 235 g/mol. The average Bonchev–Trinajstić information content (AvgIpc) is 2.18. The Labute approximate surface area is 84.5 Å². The highest BCUT2D eigenvalue weighted by Crippen LogP contribution is 2.11. The van der Waals surface area contributed by atoms with Crippen LogP contribution in [0, 0.1) is 0 Å². The van der Waals surface area contributed by atoms with Crippen LogP contribution in [0.3, 0.4) is 0 Å². The molecule has 14 heavy (non-hydrogen) atoms. The van der Waals surface area contributed by atoms with E-state index in [4.69, 9.17) is 4.55 Å². The van der Waals surface area contributed by atoms with Gasteiger partial charge in [0.15, 0.2) is 11.1 Å². The van der Waals surface area contributed by atoms with Crippen molar-refractivity contribution in [2.24, 2.45) is 0 Å². The summed E-state index contributed by atoms with van der Waals surface area (Å²) in [6, 6.07) is 5.13. The molecule has 0 aromatic heterocycles. The molecule has 5 nitrogen and oxygen atoms in total. The molecule has 7 heteroatoms. The van der Waals surface area contributed by atoms with Crippen LogP contribution in [0.5, 0.6) is 0 Å². The first-order valence-corrected chi connectivity index (χ1v) is 6.21. The van der Waals surface area contributed by atoms with Crippen molar-refractivity contribution in [2.75, 3.05) is 7.05 Å². The van der Waals surface area contributed by atoms with Crippen molar-refractivity contribution >= 4 is 21.1 Å². The zero-order valence-electron chi connectivity index (χ0n) is 7.30. The van der Waals surface area contributed by atoms with Gasteiger partial charge in [0.1, 0.15) is 0 Å². The minimum absolute atomic E-state index is 0.0641. The number of rotatable bonds is 3. The van der Waals surface area contributed by atoms with Crippen molar-refractivity contribution in [3.63, 3.8) is 0 Å². The average molecular weight is 235 g/mol. The van der Waals surface area contributed by atoms with Crippen LogP contribution in [-0.2, 0) is 21.1 Å². The van der Waals surface area contributed by atoms with Gasteiger partial charge < -0.3 is 4.55 Å². The molecule has 0 spiro atoms. The first-order valence-electron chi connectivity index (χ1n) is 3.62. The second-order valence-electron chi connectivity index (χ2n) is 2.43. The van der Waals surface area contributed by atoms with E-state index in [2.05, 4.69) is 4.72 Å². The Bertz CT molecular complexity index is 437. The van der Waals surface area contributed by atoms with Crippen molar-refractivity contribution in [1.29, 1.82) is 0 Å². The smallest absolute Gasteiger partial charge is 0.240 e. The molecule has 78 valence electrons. The first kappa shape index (κ1) is 11.3. The third-order valence-corrected chi connectivity index (χ3v) is 3.71. The molecule has 0 saturated carbocycles. The summed E-state index contributed by atoms with van der Waals surface area (Å²) >= 11 is -2.08. The number of nitrogens with one attached hydrogen (secondary N) is 1. The molecular formula is C7H9NO4S2. The van der Waals surface area contributed by atoms with Crippen LogP contribution in [0.2, 0.25) is 0 Å². The molecule has 0 aliphatic carbocycles. The summed E-state index contributed by atoms with van der Waals surface area (Å²) in [4.78, 5) is 0.231. The van der Waals surface area contributed by atoms with Crippen LogP contribution in [-0.4, -0.2) is 24.2 Å². The van der Waals surface area contributed by atoms with E-state index in [9.17, 15) is 12.6 Å². The molecule has 0 saturated heterocycles. The van der Waals surface area contributed by atoms with Gasteiger partial charge in [-0.25, -0.2) is 17.3 Å². The Morgan fingerprint density at radius 3 is 2.14 bits per heavy atom. The van der Waals surface area contributed by atoms with Crippen molar-refractivity contribution < 1.29 is 17.2 Å². The lowest BCUT2D eigenvalue weighted by atomic mass is 10.4. The zero-order chi connectivity index (χ0) is 10.8. The molecule has 1 aromatic rings. The van der Waals surface area contributed by atoms with Crippen molar-refractivity contribution in [2.45, 2.75) is 9.79 Å². The van der Waals surface area contributed by atoms with Gasteiger partial charge in [0.25, 0.3) is 0 Å². The van der Waals surface area contributed by atoms with Crippen molar-refractivity contribution in [1.82, 2.24) is 4.72 Å². The van der Waals surface area contributed by atoms with E-state index in [1.807, 2.05) is 0 Å². The second kappa shape index (κ2) is 4.18. The molecule has 1 aromatic carbocycles. The summed E-state index contributed by atoms with van der Waals surface area (Å²) in [5.41, 5.74) is 0. The number of benzene rings is 1.